The fraction of sp³-hybridized carbons (Fsp3) is 0.154. The first kappa shape index (κ1) is 13.5. The van der Waals surface area contributed by atoms with Gasteiger partial charge >= 0.3 is 5.97 Å². The smallest absolute Gasteiger partial charge is 0.336 e. The normalized spacial score (nSPS) is 10.4. The Morgan fingerprint density at radius 2 is 2.05 bits per heavy atom. The molecule has 1 aromatic carbocycles. The van der Waals surface area contributed by atoms with Gasteiger partial charge in [0.15, 0.2) is 5.16 Å². The van der Waals surface area contributed by atoms with Gasteiger partial charge in [0.05, 0.1) is 5.56 Å². The van der Waals surface area contributed by atoms with Crippen molar-refractivity contribution in [1.82, 2.24) is 9.97 Å². The molecule has 1 aromatic heterocycles. The van der Waals surface area contributed by atoms with E-state index >= 15 is 0 Å². The highest BCUT2D eigenvalue weighted by atomic mass is 32.2. The molecule has 0 aliphatic rings. The maximum absolute atomic E-state index is 13.0. The van der Waals surface area contributed by atoms with E-state index in [2.05, 4.69) is 9.97 Å². The molecule has 0 saturated carbocycles. The topological polar surface area (TPSA) is 63.1 Å². The van der Waals surface area contributed by atoms with E-state index in [4.69, 9.17) is 5.11 Å². The summed E-state index contributed by atoms with van der Waals surface area (Å²) < 4.78 is 13.0. The molecule has 0 unspecified atom stereocenters. The van der Waals surface area contributed by atoms with E-state index in [1.165, 1.54) is 23.9 Å². The molecule has 0 fully saturated rings. The number of hydrogen-bond donors (Lipinski definition) is 1. The van der Waals surface area contributed by atoms with Crippen molar-refractivity contribution in [3.8, 4) is 0 Å². The SMILES string of the molecule is Cc1cnc(SCc2ccc(F)cc2C(=O)O)nc1. The molecule has 1 heterocycles. The summed E-state index contributed by atoms with van der Waals surface area (Å²) >= 11 is 1.31. The average Bonchev–Trinajstić information content (AvgIpc) is 2.39. The van der Waals surface area contributed by atoms with E-state index in [-0.39, 0.29) is 5.56 Å². The Morgan fingerprint density at radius 1 is 1.37 bits per heavy atom. The summed E-state index contributed by atoms with van der Waals surface area (Å²) in [5.74, 6) is -1.32. The van der Waals surface area contributed by atoms with Crippen LogP contribution in [-0.2, 0) is 5.75 Å². The summed E-state index contributed by atoms with van der Waals surface area (Å²) in [7, 11) is 0. The largest absolute Gasteiger partial charge is 0.478 e. The summed E-state index contributed by atoms with van der Waals surface area (Å²) in [5, 5.41) is 9.58. The Labute approximate surface area is 113 Å². The molecule has 0 aliphatic carbocycles. The molecule has 19 heavy (non-hydrogen) atoms. The Bertz CT molecular complexity index is 602. The molecule has 0 radical (unpaired) electrons. The molecule has 4 nitrogen and oxygen atoms in total. The zero-order valence-corrected chi connectivity index (χ0v) is 10.9. The van der Waals surface area contributed by atoms with E-state index in [0.717, 1.165) is 11.6 Å². The van der Waals surface area contributed by atoms with Gasteiger partial charge in [0, 0.05) is 18.1 Å². The van der Waals surface area contributed by atoms with Crippen LogP contribution in [0.15, 0.2) is 35.7 Å². The Hall–Kier alpha value is -1.95. The van der Waals surface area contributed by atoms with E-state index in [0.29, 0.717) is 16.5 Å². The van der Waals surface area contributed by atoms with Gasteiger partial charge in [-0.1, -0.05) is 17.8 Å². The first-order valence-corrected chi connectivity index (χ1v) is 6.48. The van der Waals surface area contributed by atoms with Crippen LogP contribution in [0.3, 0.4) is 0 Å². The van der Waals surface area contributed by atoms with E-state index in [1.807, 2.05) is 6.92 Å². The van der Waals surface area contributed by atoms with Crippen molar-refractivity contribution in [2.75, 3.05) is 0 Å². The van der Waals surface area contributed by atoms with Crippen LogP contribution in [0.4, 0.5) is 4.39 Å². The zero-order chi connectivity index (χ0) is 13.8. The molecule has 0 amide bonds. The van der Waals surface area contributed by atoms with Crippen molar-refractivity contribution < 1.29 is 14.3 Å². The summed E-state index contributed by atoms with van der Waals surface area (Å²) in [5.41, 5.74) is 1.47. The minimum absolute atomic E-state index is 0.0281. The molecule has 2 aromatic rings. The third kappa shape index (κ3) is 3.51. The van der Waals surface area contributed by atoms with Gasteiger partial charge in [0.25, 0.3) is 0 Å². The zero-order valence-electron chi connectivity index (χ0n) is 10.1. The van der Waals surface area contributed by atoms with Gasteiger partial charge in [0.2, 0.25) is 0 Å². The molecule has 0 saturated heterocycles. The number of carboxylic acid groups (broad SMARTS) is 1. The van der Waals surface area contributed by atoms with Crippen LogP contribution in [0.25, 0.3) is 0 Å². The molecule has 0 aliphatic heterocycles. The van der Waals surface area contributed by atoms with Crippen LogP contribution in [0, 0.1) is 12.7 Å². The number of carboxylic acids is 1. The molecule has 98 valence electrons. The highest BCUT2D eigenvalue weighted by Gasteiger charge is 2.12. The Balaban J connectivity index is 2.15. The standard InChI is InChI=1S/C13H11FN2O2S/c1-8-5-15-13(16-6-8)19-7-9-2-3-10(14)4-11(9)12(17)18/h2-6H,7H2,1H3,(H,17,18). The number of aromatic carboxylic acids is 1. The number of thioether (sulfide) groups is 1. The van der Waals surface area contributed by atoms with Crippen molar-refractivity contribution in [3.63, 3.8) is 0 Å². The predicted octanol–water partition coefficient (Wildman–Crippen LogP) is 2.91. The molecule has 1 N–H and O–H groups in total. The predicted molar refractivity (Wildman–Crippen MR) is 69.7 cm³/mol. The lowest BCUT2D eigenvalue weighted by Gasteiger charge is -2.05. The molecule has 0 atom stereocenters. The van der Waals surface area contributed by atoms with Gasteiger partial charge in [-0.05, 0) is 30.2 Å². The summed E-state index contributed by atoms with van der Waals surface area (Å²) in [4.78, 5) is 19.3. The van der Waals surface area contributed by atoms with Crippen LogP contribution in [0.5, 0.6) is 0 Å². The van der Waals surface area contributed by atoms with E-state index in [1.54, 1.807) is 12.4 Å². The number of benzene rings is 1. The first-order chi connectivity index (χ1) is 9.06. The van der Waals surface area contributed by atoms with Gasteiger partial charge < -0.3 is 5.11 Å². The number of nitrogens with zero attached hydrogens (tertiary/aromatic N) is 2. The molecule has 0 spiro atoms. The second-order valence-electron chi connectivity index (χ2n) is 3.94. The molecule has 2 rings (SSSR count). The summed E-state index contributed by atoms with van der Waals surface area (Å²) in [6.45, 7) is 1.89. The van der Waals surface area contributed by atoms with Crippen LogP contribution in [-0.4, -0.2) is 21.0 Å². The summed E-state index contributed by atoms with van der Waals surface area (Å²) in [6, 6.07) is 3.74. The maximum atomic E-state index is 13.0. The van der Waals surface area contributed by atoms with Gasteiger partial charge in [-0.25, -0.2) is 19.2 Å². The van der Waals surface area contributed by atoms with Crippen molar-refractivity contribution in [1.29, 1.82) is 0 Å². The van der Waals surface area contributed by atoms with Gasteiger partial charge in [0.1, 0.15) is 5.82 Å². The van der Waals surface area contributed by atoms with Gasteiger partial charge in [-0.2, -0.15) is 0 Å². The quantitative estimate of drug-likeness (QED) is 0.688. The third-order valence-electron chi connectivity index (χ3n) is 2.42. The second kappa shape index (κ2) is 5.79. The number of aryl methyl sites for hydroxylation is 1. The van der Waals surface area contributed by atoms with E-state index in [9.17, 15) is 9.18 Å². The maximum Gasteiger partial charge on any atom is 0.336 e. The second-order valence-corrected chi connectivity index (χ2v) is 4.88. The lowest BCUT2D eigenvalue weighted by Crippen LogP contribution is -2.02. The molecule has 0 bridgehead atoms. The number of rotatable bonds is 4. The van der Waals surface area contributed by atoms with Crippen molar-refractivity contribution in [2.24, 2.45) is 0 Å². The number of aromatic nitrogens is 2. The minimum Gasteiger partial charge on any atom is -0.478 e. The molecular formula is C13H11FN2O2S. The third-order valence-corrected chi connectivity index (χ3v) is 3.34. The van der Waals surface area contributed by atoms with Gasteiger partial charge in [-0.3, -0.25) is 0 Å². The number of hydrogen-bond acceptors (Lipinski definition) is 4. The molecule has 6 heteroatoms. The fourth-order valence-corrected chi connectivity index (χ4v) is 2.26. The highest BCUT2D eigenvalue weighted by molar-refractivity contribution is 7.98. The van der Waals surface area contributed by atoms with Crippen LogP contribution in [0.2, 0.25) is 0 Å². The monoisotopic (exact) mass is 278 g/mol. The van der Waals surface area contributed by atoms with Crippen LogP contribution in [0.1, 0.15) is 21.5 Å². The Morgan fingerprint density at radius 3 is 2.68 bits per heavy atom. The van der Waals surface area contributed by atoms with E-state index < -0.39 is 11.8 Å². The van der Waals surface area contributed by atoms with Crippen molar-refractivity contribution in [3.05, 3.63) is 53.1 Å². The lowest BCUT2D eigenvalue weighted by atomic mass is 10.1. The van der Waals surface area contributed by atoms with Crippen LogP contribution < -0.4 is 0 Å². The van der Waals surface area contributed by atoms with Crippen molar-refractivity contribution in [2.45, 2.75) is 17.8 Å². The van der Waals surface area contributed by atoms with Crippen molar-refractivity contribution >= 4 is 17.7 Å². The average molecular weight is 278 g/mol. The Kier molecular flexibility index (Phi) is 4.11. The lowest BCUT2D eigenvalue weighted by molar-refractivity contribution is 0.0695. The molecular weight excluding hydrogens is 267 g/mol. The highest BCUT2D eigenvalue weighted by Crippen LogP contribution is 2.22. The minimum atomic E-state index is -1.14. The first-order valence-electron chi connectivity index (χ1n) is 5.49. The van der Waals surface area contributed by atoms with Crippen LogP contribution >= 0.6 is 11.8 Å². The fourth-order valence-electron chi connectivity index (χ4n) is 1.47. The van der Waals surface area contributed by atoms with Gasteiger partial charge in [-0.15, -0.1) is 0 Å². The number of halogens is 1. The number of carbonyl (C=O) groups is 1. The summed E-state index contributed by atoms with van der Waals surface area (Å²) in [6.07, 6.45) is 3.39.